The first-order chi connectivity index (χ1) is 17.5. The van der Waals surface area contributed by atoms with Crippen molar-refractivity contribution in [1.82, 2.24) is 20.2 Å². The fourth-order valence-electron chi connectivity index (χ4n) is 5.51. The van der Waals surface area contributed by atoms with Gasteiger partial charge in [0.15, 0.2) is 0 Å². The molecule has 2 aliphatic rings. The summed E-state index contributed by atoms with van der Waals surface area (Å²) in [6.45, 7) is 0.529. The molecule has 1 saturated heterocycles. The van der Waals surface area contributed by atoms with Gasteiger partial charge in [-0.05, 0) is 48.8 Å². The van der Waals surface area contributed by atoms with E-state index >= 15 is 0 Å². The zero-order valence-electron chi connectivity index (χ0n) is 21.0. The van der Waals surface area contributed by atoms with Crippen LogP contribution >= 0.6 is 24.8 Å². The molecule has 3 atom stereocenters. The lowest BCUT2D eigenvalue weighted by Gasteiger charge is -2.32. The molecule has 1 aliphatic carbocycles. The van der Waals surface area contributed by atoms with Crippen molar-refractivity contribution >= 4 is 42.6 Å². The maximum Gasteiger partial charge on any atom is 0.243 e. The van der Waals surface area contributed by atoms with Crippen LogP contribution in [-0.4, -0.2) is 51.4 Å². The first-order valence-corrected chi connectivity index (χ1v) is 12.6. The molecule has 0 bridgehead atoms. The van der Waals surface area contributed by atoms with Gasteiger partial charge in [0.25, 0.3) is 0 Å². The largest absolute Gasteiger partial charge is 0.368 e. The molecule has 0 spiro atoms. The molecule has 0 saturated carbocycles. The minimum absolute atomic E-state index is 0. The number of fused-ring (bicyclic) bond motifs is 1. The molecular weight excluding hydrogens is 523 g/mol. The Morgan fingerprint density at radius 2 is 1.61 bits per heavy atom. The monoisotopic (exact) mass is 556 g/mol. The number of benzene rings is 2. The summed E-state index contributed by atoms with van der Waals surface area (Å²) in [7, 11) is 0. The van der Waals surface area contributed by atoms with Gasteiger partial charge >= 0.3 is 0 Å². The molecule has 8 nitrogen and oxygen atoms in total. The van der Waals surface area contributed by atoms with E-state index in [9.17, 15) is 9.59 Å². The predicted molar refractivity (Wildman–Crippen MR) is 152 cm³/mol. The summed E-state index contributed by atoms with van der Waals surface area (Å²) in [5.74, 6) is -0.333. The highest BCUT2D eigenvalue weighted by Crippen LogP contribution is 2.30. The van der Waals surface area contributed by atoms with Gasteiger partial charge < -0.3 is 21.7 Å². The van der Waals surface area contributed by atoms with E-state index in [1.54, 1.807) is 11.1 Å². The van der Waals surface area contributed by atoms with Crippen LogP contribution in [-0.2, 0) is 22.4 Å². The van der Waals surface area contributed by atoms with Crippen molar-refractivity contribution in [3.05, 3.63) is 89.2 Å². The van der Waals surface area contributed by atoms with Crippen molar-refractivity contribution < 1.29 is 9.59 Å². The van der Waals surface area contributed by atoms with Gasteiger partial charge in [-0.25, -0.2) is 9.97 Å². The number of aromatic nitrogens is 2. The number of amides is 2. The van der Waals surface area contributed by atoms with Crippen LogP contribution in [0.15, 0.2) is 66.9 Å². The molecule has 38 heavy (non-hydrogen) atoms. The number of nitrogens with one attached hydrogen (secondary N) is 1. The number of nitrogens with zero attached hydrogens (tertiary/aromatic N) is 3. The fraction of sp³-hybridized carbons (Fsp3) is 0.357. The average molecular weight is 558 g/mol. The molecular formula is C28H34Cl2N6O2. The Labute approximate surface area is 235 Å². The highest BCUT2D eigenvalue weighted by molar-refractivity contribution is 5.91. The van der Waals surface area contributed by atoms with Crippen molar-refractivity contribution in [2.75, 3.05) is 12.3 Å². The number of hydrogen-bond acceptors (Lipinski definition) is 6. The van der Waals surface area contributed by atoms with Crippen LogP contribution in [0.2, 0.25) is 0 Å². The number of carbonyl (C=O) groups is 2. The number of halogens is 2. The van der Waals surface area contributed by atoms with E-state index in [-0.39, 0.29) is 54.5 Å². The number of likely N-dealkylation sites (tertiary alicyclic amines) is 1. The number of rotatable bonds is 6. The van der Waals surface area contributed by atoms with Gasteiger partial charge in [-0.3, -0.25) is 9.59 Å². The van der Waals surface area contributed by atoms with Gasteiger partial charge in [0.1, 0.15) is 6.04 Å². The molecule has 5 N–H and O–H groups in total. The molecule has 2 heterocycles. The molecule has 1 aromatic heterocycles. The Balaban J connectivity index is 0.00000200. The van der Waals surface area contributed by atoms with Gasteiger partial charge in [0, 0.05) is 30.4 Å². The summed E-state index contributed by atoms with van der Waals surface area (Å²) >= 11 is 0. The molecule has 202 valence electrons. The predicted octanol–water partition coefficient (Wildman–Crippen LogP) is 3.03. The Bertz CT molecular complexity index is 1190. The first-order valence-electron chi connectivity index (χ1n) is 12.6. The molecule has 0 radical (unpaired) electrons. The molecule has 1 fully saturated rings. The number of anilines is 1. The van der Waals surface area contributed by atoms with Crippen molar-refractivity contribution in [1.29, 1.82) is 0 Å². The van der Waals surface area contributed by atoms with Crippen LogP contribution in [0, 0.1) is 0 Å². The topological polar surface area (TPSA) is 127 Å². The summed E-state index contributed by atoms with van der Waals surface area (Å²) in [5, 5.41) is 3.17. The standard InChI is InChI=1S/C28H32N6O2.2ClH/c29-25(24(18-8-3-1-4-9-18)19-10-5-2-6-11-19)27(36)34-15-7-12-23(34)26(35)32-21-13-14-22-20(16-21)17-31-28(30)33-22;;/h1-6,8-11,17,21,23-25H,7,12-16,29H2,(H,32,35)(H2,30,31,33);2*1H/t21?,23-,25+;;/m0../s1. The van der Waals surface area contributed by atoms with Crippen molar-refractivity contribution in [3.63, 3.8) is 0 Å². The zero-order valence-corrected chi connectivity index (χ0v) is 22.7. The van der Waals surface area contributed by atoms with Crippen molar-refractivity contribution in [2.24, 2.45) is 5.73 Å². The normalized spacial score (nSPS) is 19.1. The van der Waals surface area contributed by atoms with Gasteiger partial charge in [-0.1, -0.05) is 60.7 Å². The highest BCUT2D eigenvalue weighted by Gasteiger charge is 2.39. The Hall–Kier alpha value is -3.20. The second-order valence-corrected chi connectivity index (χ2v) is 9.66. The summed E-state index contributed by atoms with van der Waals surface area (Å²) in [4.78, 5) is 37.1. The fourth-order valence-corrected chi connectivity index (χ4v) is 5.51. The summed E-state index contributed by atoms with van der Waals surface area (Å²) in [5.41, 5.74) is 16.3. The maximum atomic E-state index is 13.7. The number of aryl methyl sites for hydroxylation is 1. The van der Waals surface area contributed by atoms with E-state index in [1.807, 2.05) is 60.7 Å². The summed E-state index contributed by atoms with van der Waals surface area (Å²) in [6, 6.07) is 18.4. The Morgan fingerprint density at radius 3 is 2.24 bits per heavy atom. The average Bonchev–Trinajstić information content (AvgIpc) is 3.40. The van der Waals surface area contributed by atoms with Crippen LogP contribution < -0.4 is 16.8 Å². The lowest BCUT2D eigenvalue weighted by atomic mass is 9.84. The third kappa shape index (κ3) is 6.26. The third-order valence-electron chi connectivity index (χ3n) is 7.32. The molecule has 1 unspecified atom stereocenters. The highest BCUT2D eigenvalue weighted by atomic mass is 35.5. The number of nitrogen functional groups attached to an aromatic ring is 1. The molecule has 2 aromatic carbocycles. The van der Waals surface area contributed by atoms with Crippen LogP contribution in [0.25, 0.3) is 0 Å². The van der Waals surface area contributed by atoms with Crippen LogP contribution in [0.4, 0.5) is 5.95 Å². The number of nitrogens with two attached hydrogens (primary N) is 2. The first kappa shape index (κ1) is 29.4. The van der Waals surface area contributed by atoms with Crippen molar-refractivity contribution in [3.8, 4) is 0 Å². The lowest BCUT2D eigenvalue weighted by Crippen LogP contribution is -2.54. The summed E-state index contributed by atoms with van der Waals surface area (Å²) in [6.07, 6.45) is 5.33. The van der Waals surface area contributed by atoms with Crippen LogP contribution in [0.3, 0.4) is 0 Å². The third-order valence-corrected chi connectivity index (χ3v) is 7.32. The number of carbonyl (C=O) groups excluding carboxylic acids is 2. The second kappa shape index (κ2) is 13.0. The molecule has 5 rings (SSSR count). The van der Waals surface area contributed by atoms with Crippen LogP contribution in [0.5, 0.6) is 0 Å². The zero-order chi connectivity index (χ0) is 25.1. The quantitative estimate of drug-likeness (QED) is 0.428. The van der Waals surface area contributed by atoms with Gasteiger partial charge in [0.05, 0.1) is 6.04 Å². The lowest BCUT2D eigenvalue weighted by molar-refractivity contribution is -0.140. The van der Waals surface area contributed by atoms with E-state index < -0.39 is 12.1 Å². The SMILES string of the molecule is Cl.Cl.Nc1ncc2c(n1)CCC(NC(=O)[C@@H]1CCCN1C(=O)[C@H](N)C(c1ccccc1)c1ccccc1)C2. The van der Waals surface area contributed by atoms with E-state index in [0.717, 1.165) is 41.6 Å². The van der Waals surface area contributed by atoms with Crippen LogP contribution in [0.1, 0.15) is 47.6 Å². The smallest absolute Gasteiger partial charge is 0.243 e. The van der Waals surface area contributed by atoms with E-state index in [2.05, 4.69) is 15.3 Å². The summed E-state index contributed by atoms with van der Waals surface area (Å²) < 4.78 is 0. The van der Waals surface area contributed by atoms with Gasteiger partial charge in [-0.2, -0.15) is 0 Å². The number of hydrogen-bond donors (Lipinski definition) is 3. The Morgan fingerprint density at radius 1 is 0.974 bits per heavy atom. The Kier molecular flexibility index (Phi) is 10.1. The molecule has 2 amide bonds. The molecule has 1 aliphatic heterocycles. The minimum Gasteiger partial charge on any atom is -0.368 e. The second-order valence-electron chi connectivity index (χ2n) is 9.66. The molecule has 10 heteroatoms. The maximum absolute atomic E-state index is 13.7. The minimum atomic E-state index is -0.799. The van der Waals surface area contributed by atoms with E-state index in [0.29, 0.717) is 19.4 Å². The molecule has 3 aromatic rings. The van der Waals surface area contributed by atoms with E-state index in [4.69, 9.17) is 11.5 Å². The van der Waals surface area contributed by atoms with E-state index in [1.165, 1.54) is 0 Å². The van der Waals surface area contributed by atoms with Crippen molar-refractivity contribution in [2.45, 2.75) is 56.1 Å². The van der Waals surface area contributed by atoms with Gasteiger partial charge in [-0.15, -0.1) is 24.8 Å². The van der Waals surface area contributed by atoms with Gasteiger partial charge in [0.2, 0.25) is 17.8 Å².